The van der Waals surface area contributed by atoms with E-state index in [9.17, 15) is 4.79 Å². The zero-order valence-electron chi connectivity index (χ0n) is 18.9. The number of carbonyl (C=O) groups is 1. The van der Waals surface area contributed by atoms with Crippen molar-refractivity contribution in [3.63, 3.8) is 0 Å². The number of thioether (sulfide) groups is 1. The molecule has 3 aromatic rings. The van der Waals surface area contributed by atoms with Gasteiger partial charge in [-0.2, -0.15) is 0 Å². The van der Waals surface area contributed by atoms with Gasteiger partial charge in [0.25, 0.3) is 5.91 Å². The van der Waals surface area contributed by atoms with Gasteiger partial charge in [-0.15, -0.1) is 0 Å². The summed E-state index contributed by atoms with van der Waals surface area (Å²) in [4.78, 5) is 17.3. The number of nitrogens with zero attached hydrogens (tertiary/aromatic N) is 2. The lowest BCUT2D eigenvalue weighted by Gasteiger charge is -2.17. The van der Waals surface area contributed by atoms with Gasteiger partial charge in [0.2, 0.25) is 0 Å². The average molecular weight is 603 g/mol. The molecule has 174 valence electrons. The highest BCUT2D eigenvalue weighted by Gasteiger charge is 2.33. The Kier molecular flexibility index (Phi) is 7.80. The van der Waals surface area contributed by atoms with Crippen LogP contribution in [0.1, 0.15) is 11.1 Å². The molecule has 8 heteroatoms. The quantitative estimate of drug-likeness (QED) is 0.179. The molecule has 5 nitrogen and oxygen atoms in total. The van der Waals surface area contributed by atoms with Gasteiger partial charge < -0.3 is 14.4 Å². The average Bonchev–Trinajstić information content (AvgIpc) is 3.11. The largest absolute Gasteiger partial charge is 0.493 e. The van der Waals surface area contributed by atoms with E-state index in [1.807, 2.05) is 91.8 Å². The molecule has 0 aliphatic carbocycles. The minimum absolute atomic E-state index is 0.134. The van der Waals surface area contributed by atoms with Gasteiger partial charge in [-0.1, -0.05) is 42.2 Å². The number of halogens is 1. The van der Waals surface area contributed by atoms with Gasteiger partial charge in [-0.25, -0.2) is 0 Å². The zero-order valence-corrected chi connectivity index (χ0v) is 22.7. The van der Waals surface area contributed by atoms with E-state index in [0.29, 0.717) is 27.3 Å². The molecule has 0 bridgehead atoms. The summed E-state index contributed by atoms with van der Waals surface area (Å²) in [5.41, 5.74) is 3.73. The van der Waals surface area contributed by atoms with Gasteiger partial charge in [-0.05, 0) is 88.3 Å². The topological polar surface area (TPSA) is 42.0 Å². The van der Waals surface area contributed by atoms with Crippen LogP contribution in [0, 0.1) is 3.57 Å². The van der Waals surface area contributed by atoms with Crippen molar-refractivity contribution in [1.82, 2.24) is 0 Å². The molecule has 0 spiro atoms. The molecule has 3 aromatic carbocycles. The first-order valence-electron chi connectivity index (χ1n) is 10.5. The second kappa shape index (κ2) is 10.8. The number of hydrogen-bond acceptors (Lipinski definition) is 6. The van der Waals surface area contributed by atoms with Gasteiger partial charge in [-0.3, -0.25) is 9.69 Å². The van der Waals surface area contributed by atoms with Crippen LogP contribution < -0.4 is 19.3 Å². The highest BCUT2D eigenvalue weighted by molar-refractivity contribution is 14.1. The SMILES string of the molecule is COc1cc(/C=C2\SC(=S)N(c3ccc(N(C)C)cc3)C2=O)ccc1OCc1ccc(I)cc1. The fraction of sp³-hybridized carbons (Fsp3) is 0.154. The van der Waals surface area contributed by atoms with E-state index in [-0.39, 0.29) is 5.91 Å². The van der Waals surface area contributed by atoms with Crippen LogP contribution >= 0.6 is 46.6 Å². The van der Waals surface area contributed by atoms with Crippen LogP contribution in [-0.2, 0) is 11.4 Å². The number of benzene rings is 3. The van der Waals surface area contributed by atoms with Gasteiger partial charge in [0.1, 0.15) is 6.61 Å². The van der Waals surface area contributed by atoms with Crippen molar-refractivity contribution in [2.45, 2.75) is 6.61 Å². The third-order valence-electron chi connectivity index (χ3n) is 5.21. The first-order chi connectivity index (χ1) is 16.4. The van der Waals surface area contributed by atoms with Gasteiger partial charge in [0.05, 0.1) is 17.7 Å². The first-order valence-corrected chi connectivity index (χ1v) is 12.8. The van der Waals surface area contributed by atoms with E-state index in [2.05, 4.69) is 22.6 Å². The van der Waals surface area contributed by atoms with Crippen LogP contribution in [0.15, 0.2) is 71.6 Å². The van der Waals surface area contributed by atoms with Gasteiger partial charge in [0.15, 0.2) is 15.8 Å². The van der Waals surface area contributed by atoms with Crippen LogP contribution in [0.3, 0.4) is 0 Å². The summed E-state index contributed by atoms with van der Waals surface area (Å²) in [6.45, 7) is 0.442. The molecule has 1 saturated heterocycles. The Labute approximate surface area is 222 Å². The standard InChI is InChI=1S/C26H23IN2O3S2/c1-28(2)20-9-11-21(12-10-20)29-25(30)24(34-26(29)33)15-18-6-13-22(23(14-18)31-3)32-16-17-4-7-19(27)8-5-17/h4-15H,16H2,1-3H3/b24-15-. The Hall–Kier alpha value is -2.56. The molecule has 0 aromatic heterocycles. The Bertz CT molecular complexity index is 1240. The molecule has 1 amide bonds. The summed E-state index contributed by atoms with van der Waals surface area (Å²) in [7, 11) is 5.56. The monoisotopic (exact) mass is 602 g/mol. The minimum atomic E-state index is -0.134. The smallest absolute Gasteiger partial charge is 0.270 e. The summed E-state index contributed by atoms with van der Waals surface area (Å²) in [5.74, 6) is 1.12. The molecule has 1 aliphatic heterocycles. The molecular formula is C26H23IN2O3S2. The Balaban J connectivity index is 1.51. The van der Waals surface area contributed by atoms with Crippen molar-refractivity contribution < 1.29 is 14.3 Å². The van der Waals surface area contributed by atoms with Crippen molar-refractivity contribution in [1.29, 1.82) is 0 Å². The third-order valence-corrected chi connectivity index (χ3v) is 7.23. The highest BCUT2D eigenvalue weighted by atomic mass is 127. The number of anilines is 2. The number of amides is 1. The second-order valence-electron chi connectivity index (χ2n) is 7.75. The molecule has 34 heavy (non-hydrogen) atoms. The molecule has 1 fully saturated rings. The lowest BCUT2D eigenvalue weighted by molar-refractivity contribution is -0.113. The molecule has 1 heterocycles. The van der Waals surface area contributed by atoms with Gasteiger partial charge >= 0.3 is 0 Å². The lowest BCUT2D eigenvalue weighted by atomic mass is 10.1. The van der Waals surface area contributed by atoms with Crippen LogP contribution in [0.4, 0.5) is 11.4 Å². The fourth-order valence-corrected chi connectivity index (χ4v) is 5.04. The predicted molar refractivity (Wildman–Crippen MR) is 153 cm³/mol. The molecule has 0 radical (unpaired) electrons. The van der Waals surface area contributed by atoms with E-state index in [1.165, 1.54) is 15.3 Å². The Morgan fingerprint density at radius 2 is 1.74 bits per heavy atom. The van der Waals surface area contributed by atoms with Crippen molar-refractivity contribution in [2.24, 2.45) is 0 Å². The van der Waals surface area contributed by atoms with Gasteiger partial charge in [0, 0.05) is 23.4 Å². The normalized spacial score (nSPS) is 14.6. The highest BCUT2D eigenvalue weighted by Crippen LogP contribution is 2.37. The second-order valence-corrected chi connectivity index (χ2v) is 10.7. The van der Waals surface area contributed by atoms with Crippen LogP contribution in [0.2, 0.25) is 0 Å². The number of carbonyl (C=O) groups excluding carboxylic acids is 1. The number of methoxy groups -OCH3 is 1. The molecule has 0 atom stereocenters. The number of ether oxygens (including phenoxy) is 2. The fourth-order valence-electron chi connectivity index (χ4n) is 3.38. The van der Waals surface area contributed by atoms with Crippen LogP contribution in [-0.4, -0.2) is 31.4 Å². The van der Waals surface area contributed by atoms with Crippen molar-refractivity contribution in [3.05, 3.63) is 86.3 Å². The first kappa shape index (κ1) is 24.6. The van der Waals surface area contributed by atoms with Crippen LogP contribution in [0.25, 0.3) is 6.08 Å². The molecule has 0 saturated carbocycles. The maximum atomic E-state index is 13.1. The van der Waals surface area contributed by atoms with Crippen LogP contribution in [0.5, 0.6) is 11.5 Å². The summed E-state index contributed by atoms with van der Waals surface area (Å²) < 4.78 is 13.2. The zero-order chi connectivity index (χ0) is 24.2. The molecular weight excluding hydrogens is 579 g/mol. The number of hydrogen-bond donors (Lipinski definition) is 0. The maximum absolute atomic E-state index is 13.1. The maximum Gasteiger partial charge on any atom is 0.270 e. The Morgan fingerprint density at radius 3 is 2.38 bits per heavy atom. The van der Waals surface area contributed by atoms with E-state index in [4.69, 9.17) is 21.7 Å². The molecule has 0 N–H and O–H groups in total. The number of rotatable bonds is 7. The van der Waals surface area contributed by atoms with E-state index in [1.54, 1.807) is 12.0 Å². The molecule has 4 rings (SSSR count). The summed E-state index contributed by atoms with van der Waals surface area (Å²) >= 11 is 9.08. The minimum Gasteiger partial charge on any atom is -0.493 e. The summed E-state index contributed by atoms with van der Waals surface area (Å²) in [6, 6.07) is 21.6. The predicted octanol–water partition coefficient (Wildman–Crippen LogP) is 6.35. The third kappa shape index (κ3) is 5.56. The molecule has 1 aliphatic rings. The number of thiocarbonyl (C=S) groups is 1. The van der Waals surface area contributed by atoms with E-state index < -0.39 is 0 Å². The van der Waals surface area contributed by atoms with E-state index >= 15 is 0 Å². The lowest BCUT2D eigenvalue weighted by Crippen LogP contribution is -2.27. The molecule has 0 unspecified atom stereocenters. The van der Waals surface area contributed by atoms with Crippen molar-refractivity contribution in [2.75, 3.05) is 31.0 Å². The van der Waals surface area contributed by atoms with E-state index in [0.717, 1.165) is 22.5 Å². The summed E-state index contributed by atoms with van der Waals surface area (Å²) in [6.07, 6.45) is 1.83. The van der Waals surface area contributed by atoms with Crippen molar-refractivity contribution >= 4 is 74.2 Å². The summed E-state index contributed by atoms with van der Waals surface area (Å²) in [5, 5.41) is 0. The van der Waals surface area contributed by atoms with Crippen molar-refractivity contribution in [3.8, 4) is 11.5 Å². The Morgan fingerprint density at radius 1 is 1.03 bits per heavy atom.